The highest BCUT2D eigenvalue weighted by Gasteiger charge is 2.29. The Bertz CT molecular complexity index is 174. The van der Waals surface area contributed by atoms with Crippen molar-refractivity contribution in [2.45, 2.75) is 70.8 Å². The molecule has 0 bridgehead atoms. The molecule has 2 N–H and O–H groups in total. The van der Waals surface area contributed by atoms with Crippen LogP contribution in [0.4, 0.5) is 0 Å². The van der Waals surface area contributed by atoms with Crippen molar-refractivity contribution in [1.82, 2.24) is 0 Å². The number of hydrogen-bond acceptors (Lipinski definition) is 1. The highest BCUT2D eigenvalue weighted by atomic mass is 14.6. The SMILES string of the molecule is CCC1CCC(C2CCC(N)CC2)CC1. The quantitative estimate of drug-likeness (QED) is 0.737. The lowest BCUT2D eigenvalue weighted by molar-refractivity contribution is 0.159. The van der Waals surface area contributed by atoms with Crippen molar-refractivity contribution in [3.63, 3.8) is 0 Å². The molecule has 0 saturated heterocycles. The predicted molar refractivity (Wildman–Crippen MR) is 65.7 cm³/mol. The molecule has 2 aliphatic rings. The van der Waals surface area contributed by atoms with Gasteiger partial charge in [-0.05, 0) is 56.3 Å². The second-order valence-electron chi connectivity index (χ2n) is 5.86. The third kappa shape index (κ3) is 2.96. The minimum atomic E-state index is 0.522. The van der Waals surface area contributed by atoms with Crippen molar-refractivity contribution in [3.05, 3.63) is 0 Å². The Morgan fingerprint density at radius 3 is 1.73 bits per heavy atom. The van der Waals surface area contributed by atoms with E-state index >= 15 is 0 Å². The molecular weight excluding hydrogens is 182 g/mol. The third-order valence-electron chi connectivity index (χ3n) is 4.95. The first-order valence-corrected chi connectivity index (χ1v) is 7.05. The summed E-state index contributed by atoms with van der Waals surface area (Å²) in [5, 5.41) is 0. The van der Waals surface area contributed by atoms with Crippen LogP contribution in [-0.2, 0) is 0 Å². The van der Waals surface area contributed by atoms with Crippen molar-refractivity contribution in [2.24, 2.45) is 23.5 Å². The molecule has 0 atom stereocenters. The molecule has 1 nitrogen and oxygen atoms in total. The van der Waals surface area contributed by atoms with Crippen LogP contribution in [0.3, 0.4) is 0 Å². The standard InChI is InChI=1S/C14H27N/c1-2-11-3-5-12(6-4-11)13-7-9-14(15)10-8-13/h11-14H,2-10,15H2,1H3. The molecule has 0 heterocycles. The summed E-state index contributed by atoms with van der Waals surface area (Å²) in [4.78, 5) is 0. The minimum absolute atomic E-state index is 0.522. The first-order valence-electron chi connectivity index (χ1n) is 7.05. The van der Waals surface area contributed by atoms with Gasteiger partial charge in [-0.3, -0.25) is 0 Å². The van der Waals surface area contributed by atoms with Gasteiger partial charge in [0.1, 0.15) is 0 Å². The van der Waals surface area contributed by atoms with Crippen LogP contribution in [-0.4, -0.2) is 6.04 Å². The van der Waals surface area contributed by atoms with Gasteiger partial charge in [0, 0.05) is 6.04 Å². The second-order valence-corrected chi connectivity index (χ2v) is 5.86. The van der Waals surface area contributed by atoms with Gasteiger partial charge in [0.25, 0.3) is 0 Å². The zero-order valence-corrected chi connectivity index (χ0v) is 10.3. The largest absolute Gasteiger partial charge is 0.328 e. The zero-order valence-electron chi connectivity index (χ0n) is 10.3. The molecule has 2 saturated carbocycles. The Kier molecular flexibility index (Phi) is 4.07. The Balaban J connectivity index is 1.75. The van der Waals surface area contributed by atoms with Crippen molar-refractivity contribution >= 4 is 0 Å². The third-order valence-corrected chi connectivity index (χ3v) is 4.95. The van der Waals surface area contributed by atoms with Crippen molar-refractivity contribution in [2.75, 3.05) is 0 Å². The van der Waals surface area contributed by atoms with Crippen LogP contribution in [0.15, 0.2) is 0 Å². The summed E-state index contributed by atoms with van der Waals surface area (Å²) in [6.07, 6.45) is 12.9. The maximum absolute atomic E-state index is 5.97. The summed E-state index contributed by atoms with van der Waals surface area (Å²) < 4.78 is 0. The average molecular weight is 209 g/mol. The molecule has 88 valence electrons. The topological polar surface area (TPSA) is 26.0 Å². The van der Waals surface area contributed by atoms with Gasteiger partial charge in [-0.2, -0.15) is 0 Å². The molecule has 0 aliphatic heterocycles. The van der Waals surface area contributed by atoms with Gasteiger partial charge in [0.05, 0.1) is 0 Å². The van der Waals surface area contributed by atoms with Gasteiger partial charge in [-0.1, -0.05) is 26.2 Å². The molecule has 0 radical (unpaired) electrons. The van der Waals surface area contributed by atoms with Crippen molar-refractivity contribution in [1.29, 1.82) is 0 Å². The van der Waals surface area contributed by atoms with Crippen LogP contribution < -0.4 is 5.73 Å². The summed E-state index contributed by atoms with van der Waals surface area (Å²) >= 11 is 0. The van der Waals surface area contributed by atoms with Gasteiger partial charge in [0.2, 0.25) is 0 Å². The number of rotatable bonds is 2. The summed E-state index contributed by atoms with van der Waals surface area (Å²) in [5.41, 5.74) is 5.97. The van der Waals surface area contributed by atoms with Gasteiger partial charge in [-0.15, -0.1) is 0 Å². The molecule has 0 unspecified atom stereocenters. The average Bonchev–Trinajstić information content (AvgIpc) is 2.30. The molecule has 0 spiro atoms. The number of nitrogens with two attached hydrogens (primary N) is 1. The maximum atomic E-state index is 5.97. The zero-order chi connectivity index (χ0) is 10.7. The Hall–Kier alpha value is -0.0400. The van der Waals surface area contributed by atoms with E-state index in [9.17, 15) is 0 Å². The summed E-state index contributed by atoms with van der Waals surface area (Å²) in [7, 11) is 0. The summed E-state index contributed by atoms with van der Waals surface area (Å²) in [6.45, 7) is 2.35. The fourth-order valence-electron chi connectivity index (χ4n) is 3.68. The fraction of sp³-hybridized carbons (Fsp3) is 1.00. The lowest BCUT2D eigenvalue weighted by Gasteiger charge is -2.37. The van der Waals surface area contributed by atoms with Crippen LogP contribution in [0.25, 0.3) is 0 Å². The van der Waals surface area contributed by atoms with E-state index in [0.717, 1.165) is 17.8 Å². The normalized spacial score (nSPS) is 42.8. The lowest BCUT2D eigenvalue weighted by atomic mass is 9.70. The van der Waals surface area contributed by atoms with Crippen molar-refractivity contribution < 1.29 is 0 Å². The summed E-state index contributed by atoms with van der Waals surface area (Å²) in [5.74, 6) is 3.13. The molecule has 15 heavy (non-hydrogen) atoms. The highest BCUT2D eigenvalue weighted by Crippen LogP contribution is 2.40. The maximum Gasteiger partial charge on any atom is 0.00390 e. The molecule has 1 heteroatoms. The fourth-order valence-corrected chi connectivity index (χ4v) is 3.68. The van der Waals surface area contributed by atoms with Crippen LogP contribution in [0, 0.1) is 17.8 Å². The Labute approximate surface area is 94.8 Å². The lowest BCUT2D eigenvalue weighted by Crippen LogP contribution is -2.31. The molecule has 0 aromatic carbocycles. The second kappa shape index (κ2) is 5.34. The Morgan fingerprint density at radius 1 is 0.800 bits per heavy atom. The Morgan fingerprint density at radius 2 is 1.27 bits per heavy atom. The molecule has 2 rings (SSSR count). The van der Waals surface area contributed by atoms with Crippen LogP contribution >= 0.6 is 0 Å². The van der Waals surface area contributed by atoms with Crippen LogP contribution in [0.2, 0.25) is 0 Å². The highest BCUT2D eigenvalue weighted by molar-refractivity contribution is 4.82. The predicted octanol–water partition coefficient (Wildman–Crippen LogP) is 3.72. The van der Waals surface area contributed by atoms with E-state index in [-0.39, 0.29) is 0 Å². The van der Waals surface area contributed by atoms with Gasteiger partial charge in [0.15, 0.2) is 0 Å². The summed E-state index contributed by atoms with van der Waals surface area (Å²) in [6, 6.07) is 0.522. The van der Waals surface area contributed by atoms with Gasteiger partial charge < -0.3 is 5.73 Å². The van der Waals surface area contributed by atoms with Gasteiger partial charge in [-0.25, -0.2) is 0 Å². The first kappa shape index (κ1) is 11.4. The molecule has 2 aliphatic carbocycles. The van der Waals surface area contributed by atoms with E-state index in [1.165, 1.54) is 57.8 Å². The van der Waals surface area contributed by atoms with E-state index in [1.54, 1.807) is 0 Å². The molecule has 2 fully saturated rings. The van der Waals surface area contributed by atoms with E-state index in [4.69, 9.17) is 5.73 Å². The first-order chi connectivity index (χ1) is 7.29. The van der Waals surface area contributed by atoms with Gasteiger partial charge >= 0.3 is 0 Å². The molecular formula is C14H27N. The molecule has 0 aromatic rings. The molecule has 0 aromatic heterocycles. The minimum Gasteiger partial charge on any atom is -0.328 e. The van der Waals surface area contributed by atoms with Crippen LogP contribution in [0.5, 0.6) is 0 Å². The van der Waals surface area contributed by atoms with Crippen LogP contribution in [0.1, 0.15) is 64.7 Å². The van der Waals surface area contributed by atoms with E-state index in [0.29, 0.717) is 6.04 Å². The monoisotopic (exact) mass is 209 g/mol. The van der Waals surface area contributed by atoms with Crippen molar-refractivity contribution in [3.8, 4) is 0 Å². The molecule has 0 amide bonds. The van der Waals surface area contributed by atoms with E-state index in [2.05, 4.69) is 6.92 Å². The smallest absolute Gasteiger partial charge is 0.00390 e. The van der Waals surface area contributed by atoms with E-state index in [1.807, 2.05) is 0 Å². The number of hydrogen-bond donors (Lipinski definition) is 1. The van der Waals surface area contributed by atoms with E-state index < -0.39 is 0 Å².